The van der Waals surface area contributed by atoms with Crippen LogP contribution in [0.1, 0.15) is 45.1 Å². The van der Waals surface area contributed by atoms with E-state index in [0.717, 1.165) is 6.42 Å². The highest BCUT2D eigenvalue weighted by Gasteiger charge is 2.40. The third-order valence-corrected chi connectivity index (χ3v) is 8.89. The topological polar surface area (TPSA) is 9.23 Å². The van der Waals surface area contributed by atoms with Crippen molar-refractivity contribution in [1.29, 1.82) is 0 Å². The molecule has 1 unspecified atom stereocenters. The Bertz CT molecular complexity index is 454. The molecule has 0 saturated heterocycles. The maximum Gasteiger partial charge on any atom is 0.250 e. The quantitative estimate of drug-likeness (QED) is 0.664. The number of hydrogen-bond donors (Lipinski definition) is 0. The van der Waals surface area contributed by atoms with Crippen LogP contribution in [0.4, 0.5) is 0 Å². The van der Waals surface area contributed by atoms with Crippen LogP contribution in [-0.4, -0.2) is 8.32 Å². The lowest BCUT2D eigenvalue weighted by molar-refractivity contribution is 0.373. The maximum absolute atomic E-state index is 6.41. The van der Waals surface area contributed by atoms with Crippen LogP contribution in [0, 0.1) is 0 Å². The Morgan fingerprint density at radius 1 is 1.11 bits per heavy atom. The summed E-state index contributed by atoms with van der Waals surface area (Å²) in [5.74, 6) is 1.77. The van der Waals surface area contributed by atoms with Crippen LogP contribution in [0.5, 0.6) is 0 Å². The summed E-state index contributed by atoms with van der Waals surface area (Å²) in [7, 11) is -1.67. The van der Waals surface area contributed by atoms with Gasteiger partial charge in [0, 0.05) is 12.3 Å². The molecule has 19 heavy (non-hydrogen) atoms. The van der Waals surface area contributed by atoms with Gasteiger partial charge < -0.3 is 4.43 Å². The molecule has 0 spiro atoms. The van der Waals surface area contributed by atoms with Crippen LogP contribution in [-0.2, 0) is 4.43 Å². The van der Waals surface area contributed by atoms with Gasteiger partial charge in [0.15, 0.2) is 0 Å². The number of hydrogen-bond acceptors (Lipinski definition) is 1. The van der Waals surface area contributed by atoms with Crippen LogP contribution in [0.25, 0.3) is 0 Å². The molecule has 0 radical (unpaired) electrons. The summed E-state index contributed by atoms with van der Waals surface area (Å²) in [5, 5.41) is 0.276. The average molecular weight is 274 g/mol. The summed E-state index contributed by atoms with van der Waals surface area (Å²) in [6, 6.07) is 10.8. The van der Waals surface area contributed by atoms with Crippen LogP contribution in [0.15, 0.2) is 42.2 Å². The van der Waals surface area contributed by atoms with E-state index in [9.17, 15) is 0 Å². The second-order valence-electron chi connectivity index (χ2n) is 7.05. The predicted octanol–water partition coefficient (Wildman–Crippen LogP) is 5.47. The molecule has 0 fully saturated rings. The van der Waals surface area contributed by atoms with E-state index in [1.165, 1.54) is 17.7 Å². The Kier molecular flexibility index (Phi) is 3.91. The molecule has 0 amide bonds. The minimum absolute atomic E-state index is 0.276. The van der Waals surface area contributed by atoms with E-state index in [-0.39, 0.29) is 5.04 Å². The first-order chi connectivity index (χ1) is 8.79. The molecule has 0 N–H and O–H groups in total. The van der Waals surface area contributed by atoms with Gasteiger partial charge in [-0.25, -0.2) is 0 Å². The van der Waals surface area contributed by atoms with Gasteiger partial charge in [-0.2, -0.15) is 0 Å². The normalized spacial score (nSPS) is 20.3. The second kappa shape index (κ2) is 5.16. The van der Waals surface area contributed by atoms with Gasteiger partial charge in [-0.05, 0) is 36.2 Å². The van der Waals surface area contributed by atoms with Gasteiger partial charge in [0.2, 0.25) is 8.32 Å². The van der Waals surface area contributed by atoms with E-state index >= 15 is 0 Å². The van der Waals surface area contributed by atoms with Crippen LogP contribution < -0.4 is 0 Å². The van der Waals surface area contributed by atoms with Crippen molar-refractivity contribution < 1.29 is 4.43 Å². The van der Waals surface area contributed by atoms with E-state index < -0.39 is 8.32 Å². The van der Waals surface area contributed by atoms with Crippen molar-refractivity contribution in [2.45, 2.75) is 57.7 Å². The highest BCUT2D eigenvalue weighted by molar-refractivity contribution is 6.74. The second-order valence-corrected chi connectivity index (χ2v) is 11.8. The molecule has 1 aliphatic rings. The zero-order chi connectivity index (χ0) is 14.1. The molecule has 104 valence electrons. The summed E-state index contributed by atoms with van der Waals surface area (Å²) in [4.78, 5) is 0. The number of rotatable bonds is 3. The van der Waals surface area contributed by atoms with Crippen molar-refractivity contribution in [3.05, 3.63) is 47.7 Å². The Morgan fingerprint density at radius 2 is 1.74 bits per heavy atom. The standard InChI is InChI=1S/C17H26OSi/c1-17(2,3)19(4,5)18-16-12-11-15(13-16)14-9-7-6-8-10-14/h6-10,13,15H,11-12H2,1-5H3. The summed E-state index contributed by atoms with van der Waals surface area (Å²) >= 11 is 0. The lowest BCUT2D eigenvalue weighted by Gasteiger charge is -2.36. The van der Waals surface area contributed by atoms with Crippen molar-refractivity contribution >= 4 is 8.32 Å². The monoisotopic (exact) mass is 274 g/mol. The molecule has 1 aromatic rings. The van der Waals surface area contributed by atoms with Crippen molar-refractivity contribution in [3.63, 3.8) is 0 Å². The minimum atomic E-state index is -1.67. The molecule has 2 rings (SSSR count). The SMILES string of the molecule is CC(C)(C)[Si](C)(C)OC1=CC(c2ccccc2)CC1. The van der Waals surface area contributed by atoms with E-state index in [4.69, 9.17) is 4.43 Å². The van der Waals surface area contributed by atoms with Crippen molar-refractivity contribution in [2.75, 3.05) is 0 Å². The smallest absolute Gasteiger partial charge is 0.250 e. The average Bonchev–Trinajstić information content (AvgIpc) is 2.76. The molecule has 1 atom stereocenters. The van der Waals surface area contributed by atoms with E-state index in [1.807, 2.05) is 0 Å². The van der Waals surface area contributed by atoms with Gasteiger partial charge in [0.1, 0.15) is 0 Å². The van der Waals surface area contributed by atoms with Gasteiger partial charge in [0.25, 0.3) is 0 Å². The largest absolute Gasteiger partial charge is 0.547 e. The lowest BCUT2D eigenvalue weighted by atomic mass is 9.99. The zero-order valence-corrected chi connectivity index (χ0v) is 13.9. The summed E-state index contributed by atoms with van der Waals surface area (Å²) in [5.41, 5.74) is 1.41. The van der Waals surface area contributed by atoms with Gasteiger partial charge in [-0.1, -0.05) is 51.1 Å². The van der Waals surface area contributed by atoms with Crippen molar-refractivity contribution in [3.8, 4) is 0 Å². The van der Waals surface area contributed by atoms with Gasteiger partial charge in [-0.15, -0.1) is 0 Å². The first kappa shape index (κ1) is 14.4. The fourth-order valence-corrected chi connectivity index (χ4v) is 3.35. The highest BCUT2D eigenvalue weighted by Crippen LogP contribution is 2.41. The molecular formula is C17H26OSi. The molecule has 1 aliphatic carbocycles. The van der Waals surface area contributed by atoms with Gasteiger partial charge in [-0.3, -0.25) is 0 Å². The Hall–Kier alpha value is -1.02. The van der Waals surface area contributed by atoms with Crippen LogP contribution >= 0.6 is 0 Å². The summed E-state index contributed by atoms with van der Waals surface area (Å²) in [6.45, 7) is 11.5. The predicted molar refractivity (Wildman–Crippen MR) is 84.8 cm³/mol. The maximum atomic E-state index is 6.41. The number of allylic oxidation sites excluding steroid dienone is 2. The Labute approximate surface area is 118 Å². The van der Waals surface area contributed by atoms with Crippen molar-refractivity contribution in [2.24, 2.45) is 0 Å². The molecule has 2 heteroatoms. The third kappa shape index (κ3) is 3.30. The molecule has 0 aromatic heterocycles. The molecule has 0 heterocycles. The molecule has 0 saturated carbocycles. The summed E-state index contributed by atoms with van der Waals surface area (Å²) in [6.07, 6.45) is 4.62. The van der Waals surface area contributed by atoms with Gasteiger partial charge >= 0.3 is 0 Å². The zero-order valence-electron chi connectivity index (χ0n) is 12.9. The van der Waals surface area contributed by atoms with Crippen molar-refractivity contribution in [1.82, 2.24) is 0 Å². The fraction of sp³-hybridized carbons (Fsp3) is 0.529. The number of benzene rings is 1. The van der Waals surface area contributed by atoms with E-state index in [0.29, 0.717) is 5.92 Å². The Morgan fingerprint density at radius 3 is 2.32 bits per heavy atom. The van der Waals surface area contributed by atoms with E-state index in [1.54, 1.807) is 0 Å². The van der Waals surface area contributed by atoms with Gasteiger partial charge in [0.05, 0.1) is 5.76 Å². The molecule has 1 nitrogen and oxygen atoms in total. The Balaban J connectivity index is 2.08. The van der Waals surface area contributed by atoms with E-state index in [2.05, 4.69) is 70.3 Å². The molecular weight excluding hydrogens is 248 g/mol. The third-order valence-electron chi connectivity index (χ3n) is 4.51. The minimum Gasteiger partial charge on any atom is -0.547 e. The van der Waals surface area contributed by atoms with Crippen LogP contribution in [0.3, 0.4) is 0 Å². The molecule has 0 aliphatic heterocycles. The molecule has 0 bridgehead atoms. The molecule has 1 aromatic carbocycles. The highest BCUT2D eigenvalue weighted by atomic mass is 28.4. The fourth-order valence-electron chi connectivity index (χ4n) is 2.22. The summed E-state index contributed by atoms with van der Waals surface area (Å²) < 4.78 is 6.41. The van der Waals surface area contributed by atoms with Crippen LogP contribution in [0.2, 0.25) is 18.1 Å². The first-order valence-electron chi connectivity index (χ1n) is 7.24. The lowest BCUT2D eigenvalue weighted by Crippen LogP contribution is -2.40. The first-order valence-corrected chi connectivity index (χ1v) is 10.1.